The molecule has 180 valence electrons. The lowest BCUT2D eigenvalue weighted by Crippen LogP contribution is -2.43. The van der Waals surface area contributed by atoms with E-state index in [1.165, 1.54) is 24.3 Å². The highest BCUT2D eigenvalue weighted by molar-refractivity contribution is 6.33. The molecule has 1 fully saturated rings. The van der Waals surface area contributed by atoms with Crippen molar-refractivity contribution in [2.24, 2.45) is 5.92 Å². The molecule has 2 aromatic rings. The van der Waals surface area contributed by atoms with Crippen LogP contribution >= 0.6 is 23.2 Å². The SMILES string of the molecule is O=C(COC(=O)[C@H]1CC(=O)N(NC(=O)c2ccc(Cl)cc2)C1)Nc1cc(C(F)(F)F)ccc1Cl. The fraction of sp³-hybridized carbons (Fsp3) is 0.238. The van der Waals surface area contributed by atoms with Gasteiger partial charge < -0.3 is 10.1 Å². The number of carbonyl (C=O) groups excluding carboxylic acids is 4. The van der Waals surface area contributed by atoms with E-state index in [0.717, 1.165) is 17.1 Å². The van der Waals surface area contributed by atoms with Gasteiger partial charge in [-0.3, -0.25) is 29.6 Å². The summed E-state index contributed by atoms with van der Waals surface area (Å²) in [5.74, 6) is -3.89. The highest BCUT2D eigenvalue weighted by Crippen LogP contribution is 2.33. The van der Waals surface area contributed by atoms with Gasteiger partial charge in [0, 0.05) is 17.0 Å². The summed E-state index contributed by atoms with van der Waals surface area (Å²) in [5, 5.41) is 3.40. The second-order valence-electron chi connectivity index (χ2n) is 7.20. The van der Waals surface area contributed by atoms with Crippen molar-refractivity contribution in [3.8, 4) is 0 Å². The van der Waals surface area contributed by atoms with Crippen LogP contribution in [0.3, 0.4) is 0 Å². The van der Waals surface area contributed by atoms with E-state index in [1.54, 1.807) is 0 Å². The smallest absolute Gasteiger partial charge is 0.416 e. The molecule has 1 atom stereocenters. The van der Waals surface area contributed by atoms with Crippen LogP contribution in [0.1, 0.15) is 22.3 Å². The number of halogens is 5. The van der Waals surface area contributed by atoms with Gasteiger partial charge >= 0.3 is 12.1 Å². The Kier molecular flexibility index (Phi) is 7.68. The van der Waals surface area contributed by atoms with E-state index in [-0.39, 0.29) is 29.2 Å². The summed E-state index contributed by atoms with van der Waals surface area (Å²) in [6, 6.07) is 8.30. The van der Waals surface area contributed by atoms with Crippen molar-refractivity contribution in [1.29, 1.82) is 0 Å². The Morgan fingerprint density at radius 3 is 2.41 bits per heavy atom. The summed E-state index contributed by atoms with van der Waals surface area (Å²) in [5.41, 5.74) is 1.30. The molecule has 34 heavy (non-hydrogen) atoms. The van der Waals surface area contributed by atoms with Gasteiger partial charge in [0.2, 0.25) is 5.91 Å². The molecular formula is C21H16Cl2F3N3O5. The topological polar surface area (TPSA) is 105 Å². The summed E-state index contributed by atoms with van der Waals surface area (Å²) >= 11 is 11.6. The Morgan fingerprint density at radius 2 is 1.76 bits per heavy atom. The average Bonchev–Trinajstić information content (AvgIpc) is 3.13. The van der Waals surface area contributed by atoms with Crippen molar-refractivity contribution >= 4 is 52.6 Å². The Hall–Kier alpha value is -3.31. The quantitative estimate of drug-likeness (QED) is 0.568. The van der Waals surface area contributed by atoms with Crippen LogP contribution in [0, 0.1) is 5.92 Å². The molecule has 2 N–H and O–H groups in total. The van der Waals surface area contributed by atoms with Gasteiger partial charge in [0.05, 0.1) is 28.7 Å². The first-order chi connectivity index (χ1) is 15.9. The molecule has 0 radical (unpaired) electrons. The number of rotatable bonds is 6. The summed E-state index contributed by atoms with van der Waals surface area (Å²) in [7, 11) is 0. The summed E-state index contributed by atoms with van der Waals surface area (Å²) in [6.07, 6.45) is -4.90. The Morgan fingerprint density at radius 1 is 1.09 bits per heavy atom. The van der Waals surface area contributed by atoms with E-state index in [9.17, 15) is 32.3 Å². The zero-order valence-electron chi connectivity index (χ0n) is 17.1. The number of amides is 3. The van der Waals surface area contributed by atoms with E-state index in [4.69, 9.17) is 27.9 Å². The summed E-state index contributed by atoms with van der Waals surface area (Å²) in [6.45, 7) is -0.995. The number of esters is 1. The average molecular weight is 518 g/mol. The van der Waals surface area contributed by atoms with Gasteiger partial charge in [-0.1, -0.05) is 23.2 Å². The maximum absolute atomic E-state index is 12.8. The first-order valence-electron chi connectivity index (χ1n) is 9.64. The van der Waals surface area contributed by atoms with Crippen LogP contribution in [-0.4, -0.2) is 41.9 Å². The molecule has 1 aliphatic rings. The highest BCUT2D eigenvalue weighted by Gasteiger charge is 2.37. The number of hydrazine groups is 1. The van der Waals surface area contributed by atoms with Crippen LogP contribution < -0.4 is 10.7 Å². The zero-order chi connectivity index (χ0) is 25.0. The molecule has 8 nitrogen and oxygen atoms in total. The van der Waals surface area contributed by atoms with Crippen LogP contribution in [-0.2, 0) is 25.3 Å². The van der Waals surface area contributed by atoms with Gasteiger partial charge in [-0.25, -0.2) is 0 Å². The van der Waals surface area contributed by atoms with Gasteiger partial charge in [0.15, 0.2) is 6.61 Å². The van der Waals surface area contributed by atoms with Crippen LogP contribution in [0.15, 0.2) is 42.5 Å². The number of hydrogen-bond acceptors (Lipinski definition) is 5. The van der Waals surface area contributed by atoms with E-state index in [0.29, 0.717) is 11.1 Å². The third-order valence-corrected chi connectivity index (χ3v) is 5.30. The molecule has 3 rings (SSSR count). The van der Waals surface area contributed by atoms with Crippen LogP contribution in [0.2, 0.25) is 10.0 Å². The molecule has 1 saturated heterocycles. The van der Waals surface area contributed by atoms with Crippen LogP contribution in [0.5, 0.6) is 0 Å². The first-order valence-corrected chi connectivity index (χ1v) is 10.4. The number of hydrogen-bond donors (Lipinski definition) is 2. The molecule has 0 saturated carbocycles. The van der Waals surface area contributed by atoms with E-state index < -0.39 is 48.0 Å². The number of anilines is 1. The van der Waals surface area contributed by atoms with Crippen molar-refractivity contribution in [2.45, 2.75) is 12.6 Å². The summed E-state index contributed by atoms with van der Waals surface area (Å²) < 4.78 is 43.4. The van der Waals surface area contributed by atoms with Crippen molar-refractivity contribution in [3.05, 3.63) is 63.6 Å². The van der Waals surface area contributed by atoms with Crippen molar-refractivity contribution in [1.82, 2.24) is 10.4 Å². The number of alkyl halides is 3. The van der Waals surface area contributed by atoms with E-state index >= 15 is 0 Å². The predicted molar refractivity (Wildman–Crippen MR) is 115 cm³/mol. The van der Waals surface area contributed by atoms with E-state index in [1.807, 2.05) is 0 Å². The normalized spacial score (nSPS) is 15.7. The molecule has 1 heterocycles. The van der Waals surface area contributed by atoms with Crippen LogP contribution in [0.4, 0.5) is 18.9 Å². The molecule has 0 bridgehead atoms. The number of ether oxygens (including phenoxy) is 1. The van der Waals surface area contributed by atoms with Crippen molar-refractivity contribution in [3.63, 3.8) is 0 Å². The minimum Gasteiger partial charge on any atom is -0.455 e. The number of carbonyl (C=O) groups is 4. The van der Waals surface area contributed by atoms with E-state index in [2.05, 4.69) is 10.7 Å². The summed E-state index contributed by atoms with van der Waals surface area (Å²) in [4.78, 5) is 48.7. The standard InChI is InChI=1S/C21H16Cl2F3N3O5/c22-14-4-1-11(2-5-14)19(32)28-29-9-12(7-18(29)31)20(33)34-10-17(30)27-16-8-13(21(24,25)26)3-6-15(16)23/h1-6,8,12H,7,9-10H2,(H,27,30)(H,28,32)/t12-/m0/s1. The molecule has 0 unspecified atom stereocenters. The van der Waals surface area contributed by atoms with Gasteiger partial charge in [-0.05, 0) is 42.5 Å². The van der Waals surface area contributed by atoms with Crippen molar-refractivity contribution < 1.29 is 37.1 Å². The predicted octanol–water partition coefficient (Wildman–Crippen LogP) is 3.69. The number of nitrogens with one attached hydrogen (secondary N) is 2. The largest absolute Gasteiger partial charge is 0.455 e. The lowest BCUT2D eigenvalue weighted by Gasteiger charge is -2.17. The molecule has 13 heteroatoms. The molecule has 0 spiro atoms. The molecule has 0 aliphatic carbocycles. The van der Waals surface area contributed by atoms with Crippen molar-refractivity contribution in [2.75, 3.05) is 18.5 Å². The molecule has 2 aromatic carbocycles. The molecule has 0 aromatic heterocycles. The maximum atomic E-state index is 12.8. The van der Waals surface area contributed by atoms with Gasteiger partial charge in [0.25, 0.3) is 11.8 Å². The molecule has 1 aliphatic heterocycles. The lowest BCUT2D eigenvalue weighted by atomic mass is 10.1. The van der Waals surface area contributed by atoms with Gasteiger partial charge in [0.1, 0.15) is 0 Å². The lowest BCUT2D eigenvalue weighted by molar-refractivity contribution is -0.151. The second-order valence-corrected chi connectivity index (χ2v) is 8.05. The fourth-order valence-electron chi connectivity index (χ4n) is 3.00. The third-order valence-electron chi connectivity index (χ3n) is 4.71. The monoisotopic (exact) mass is 517 g/mol. The third kappa shape index (κ3) is 6.39. The minimum absolute atomic E-state index is 0.138. The Bertz CT molecular complexity index is 1130. The zero-order valence-corrected chi connectivity index (χ0v) is 18.6. The second kappa shape index (κ2) is 10.3. The highest BCUT2D eigenvalue weighted by atomic mass is 35.5. The first kappa shape index (κ1) is 25.3. The molecular weight excluding hydrogens is 502 g/mol. The number of benzene rings is 2. The Balaban J connectivity index is 1.51. The van der Waals surface area contributed by atoms with Gasteiger partial charge in [-0.15, -0.1) is 0 Å². The number of nitrogens with zero attached hydrogens (tertiary/aromatic N) is 1. The maximum Gasteiger partial charge on any atom is 0.416 e. The fourth-order valence-corrected chi connectivity index (χ4v) is 3.29. The Labute approximate surface area is 200 Å². The molecule has 3 amide bonds. The minimum atomic E-state index is -4.64. The van der Waals surface area contributed by atoms with Crippen LogP contribution in [0.25, 0.3) is 0 Å². The van der Waals surface area contributed by atoms with Gasteiger partial charge in [-0.2, -0.15) is 13.2 Å².